The first-order valence-corrected chi connectivity index (χ1v) is 13.2. The second-order valence-electron chi connectivity index (χ2n) is 9.36. The first-order valence-electron chi connectivity index (χ1n) is 13.2. The maximum atomic E-state index is 9.55. The number of benzene rings is 3. The van der Waals surface area contributed by atoms with Gasteiger partial charge in [0.25, 0.3) is 0 Å². The minimum atomic E-state index is -1.26. The molecule has 0 bridgehead atoms. The van der Waals surface area contributed by atoms with Crippen LogP contribution in [0, 0.1) is 5.92 Å². The SMILES string of the molecule is O=C(O)/C=C/C(=O)O.c1ccc(OCCCCN2CCC(C(c3ccccc3)c3ccccc3)CC2)cc1. The molecule has 200 valence electrons. The molecular weight excluding hydrogens is 478 g/mol. The maximum Gasteiger partial charge on any atom is 0.328 e. The van der Waals surface area contributed by atoms with E-state index in [-0.39, 0.29) is 0 Å². The topological polar surface area (TPSA) is 87.1 Å². The number of carbonyl (C=O) groups is 2. The third-order valence-electron chi connectivity index (χ3n) is 6.67. The predicted octanol–water partition coefficient (Wildman–Crippen LogP) is 6.10. The smallest absolute Gasteiger partial charge is 0.328 e. The largest absolute Gasteiger partial charge is 0.494 e. The number of piperidine rings is 1. The molecule has 1 fully saturated rings. The van der Waals surface area contributed by atoms with Crippen molar-refractivity contribution in [2.45, 2.75) is 31.6 Å². The molecule has 0 aromatic heterocycles. The monoisotopic (exact) mass is 515 g/mol. The number of aliphatic carboxylic acids is 2. The van der Waals surface area contributed by atoms with Crippen LogP contribution in [0.2, 0.25) is 0 Å². The van der Waals surface area contributed by atoms with Crippen LogP contribution >= 0.6 is 0 Å². The second-order valence-corrected chi connectivity index (χ2v) is 9.36. The predicted molar refractivity (Wildman–Crippen MR) is 149 cm³/mol. The molecule has 1 saturated heterocycles. The Kier molecular flexibility index (Phi) is 12.1. The van der Waals surface area contributed by atoms with Crippen LogP contribution in [0.15, 0.2) is 103 Å². The van der Waals surface area contributed by atoms with Gasteiger partial charge in [-0.15, -0.1) is 0 Å². The van der Waals surface area contributed by atoms with Crippen molar-refractivity contribution in [1.82, 2.24) is 4.90 Å². The second kappa shape index (κ2) is 16.0. The highest BCUT2D eigenvalue weighted by Gasteiger charge is 2.28. The van der Waals surface area contributed by atoms with Crippen LogP contribution in [-0.2, 0) is 9.59 Å². The molecular formula is C32H37NO5. The standard InChI is InChI=1S/C28H33NO.C4H4O4/c1-4-12-24(13-5-1)28(25-14-6-2-7-15-25)26-18-21-29(22-19-26)20-10-11-23-30-27-16-8-3-9-17-27;5-3(6)1-2-4(7)8/h1-9,12-17,26,28H,10-11,18-23H2;1-2H,(H,5,6)(H,7,8)/b;2-1+. The van der Waals surface area contributed by atoms with Crippen LogP contribution in [-0.4, -0.2) is 53.3 Å². The lowest BCUT2D eigenvalue weighted by Crippen LogP contribution is -2.36. The zero-order chi connectivity index (χ0) is 27.0. The van der Waals surface area contributed by atoms with Gasteiger partial charge in [0.2, 0.25) is 0 Å². The fourth-order valence-corrected chi connectivity index (χ4v) is 4.85. The van der Waals surface area contributed by atoms with E-state index in [2.05, 4.69) is 65.6 Å². The van der Waals surface area contributed by atoms with Gasteiger partial charge in [0.15, 0.2) is 0 Å². The van der Waals surface area contributed by atoms with E-state index in [1.165, 1.54) is 50.0 Å². The molecule has 0 unspecified atom stereocenters. The summed E-state index contributed by atoms with van der Waals surface area (Å²) >= 11 is 0. The van der Waals surface area contributed by atoms with Crippen LogP contribution in [0.25, 0.3) is 0 Å². The highest BCUT2D eigenvalue weighted by atomic mass is 16.5. The molecule has 1 heterocycles. The molecule has 0 amide bonds. The first kappa shape index (κ1) is 28.7. The van der Waals surface area contributed by atoms with E-state index in [0.29, 0.717) is 24.0 Å². The summed E-state index contributed by atoms with van der Waals surface area (Å²) in [5, 5.41) is 15.6. The van der Waals surface area contributed by atoms with Gasteiger partial charge in [-0.1, -0.05) is 78.9 Å². The van der Waals surface area contributed by atoms with Crippen LogP contribution in [0.5, 0.6) is 5.75 Å². The van der Waals surface area contributed by atoms with E-state index >= 15 is 0 Å². The Morgan fingerprint density at radius 3 is 1.71 bits per heavy atom. The fraction of sp³-hybridized carbons (Fsp3) is 0.312. The molecule has 6 heteroatoms. The van der Waals surface area contributed by atoms with Crippen molar-refractivity contribution in [3.63, 3.8) is 0 Å². The summed E-state index contributed by atoms with van der Waals surface area (Å²) in [5.74, 6) is -0.313. The third kappa shape index (κ3) is 10.2. The Balaban J connectivity index is 0.000000436. The van der Waals surface area contributed by atoms with E-state index in [4.69, 9.17) is 14.9 Å². The van der Waals surface area contributed by atoms with Gasteiger partial charge >= 0.3 is 11.9 Å². The summed E-state index contributed by atoms with van der Waals surface area (Å²) in [6.07, 6.45) is 5.98. The third-order valence-corrected chi connectivity index (χ3v) is 6.67. The van der Waals surface area contributed by atoms with E-state index in [9.17, 15) is 9.59 Å². The molecule has 0 radical (unpaired) electrons. The zero-order valence-corrected chi connectivity index (χ0v) is 21.7. The Morgan fingerprint density at radius 1 is 0.763 bits per heavy atom. The number of para-hydroxylation sites is 1. The van der Waals surface area contributed by atoms with Crippen molar-refractivity contribution >= 4 is 11.9 Å². The van der Waals surface area contributed by atoms with Gasteiger partial charge in [-0.2, -0.15) is 0 Å². The molecule has 0 saturated carbocycles. The molecule has 3 aromatic rings. The number of rotatable bonds is 11. The number of likely N-dealkylation sites (tertiary alicyclic amines) is 1. The van der Waals surface area contributed by atoms with Crippen molar-refractivity contribution < 1.29 is 24.5 Å². The average molecular weight is 516 g/mol. The van der Waals surface area contributed by atoms with Gasteiger partial charge in [0, 0.05) is 18.1 Å². The van der Waals surface area contributed by atoms with Crippen molar-refractivity contribution in [2.24, 2.45) is 5.92 Å². The summed E-state index contributed by atoms with van der Waals surface area (Å²) in [5.41, 5.74) is 2.92. The van der Waals surface area contributed by atoms with E-state index < -0.39 is 11.9 Å². The van der Waals surface area contributed by atoms with Gasteiger partial charge in [-0.3, -0.25) is 0 Å². The number of carboxylic acids is 2. The number of unbranched alkanes of at least 4 members (excludes halogenated alkanes) is 1. The Bertz CT molecular complexity index is 1050. The lowest BCUT2D eigenvalue weighted by Gasteiger charge is -2.36. The summed E-state index contributed by atoms with van der Waals surface area (Å²) < 4.78 is 5.82. The highest BCUT2D eigenvalue weighted by Crippen LogP contribution is 2.37. The molecule has 38 heavy (non-hydrogen) atoms. The summed E-state index contributed by atoms with van der Waals surface area (Å²) in [6, 6.07) is 32.3. The van der Waals surface area contributed by atoms with Crippen molar-refractivity contribution in [3.05, 3.63) is 114 Å². The molecule has 3 aromatic carbocycles. The average Bonchev–Trinajstić information content (AvgIpc) is 2.95. The van der Waals surface area contributed by atoms with Gasteiger partial charge in [0.05, 0.1) is 6.61 Å². The minimum Gasteiger partial charge on any atom is -0.494 e. The zero-order valence-electron chi connectivity index (χ0n) is 21.7. The van der Waals surface area contributed by atoms with Crippen molar-refractivity contribution in [2.75, 3.05) is 26.2 Å². The molecule has 0 spiro atoms. The number of nitrogens with zero attached hydrogens (tertiary/aromatic N) is 1. The minimum absolute atomic E-state index is 0.508. The number of hydrogen-bond acceptors (Lipinski definition) is 4. The number of ether oxygens (including phenoxy) is 1. The number of hydrogen-bond donors (Lipinski definition) is 2. The Labute approximate surface area is 225 Å². The van der Waals surface area contributed by atoms with Crippen LogP contribution < -0.4 is 4.74 Å². The van der Waals surface area contributed by atoms with Crippen LogP contribution in [0.1, 0.15) is 42.7 Å². The normalized spacial score (nSPS) is 14.1. The molecule has 1 aliphatic rings. The fourth-order valence-electron chi connectivity index (χ4n) is 4.85. The number of carboxylic acid groups (broad SMARTS) is 2. The van der Waals surface area contributed by atoms with Crippen LogP contribution in [0.4, 0.5) is 0 Å². The molecule has 4 rings (SSSR count). The van der Waals surface area contributed by atoms with Crippen molar-refractivity contribution in [1.29, 1.82) is 0 Å². The Hall–Kier alpha value is -3.90. The first-order chi connectivity index (χ1) is 18.5. The molecule has 6 nitrogen and oxygen atoms in total. The van der Waals surface area contributed by atoms with Gasteiger partial charge in [-0.05, 0) is 74.5 Å². The van der Waals surface area contributed by atoms with Crippen LogP contribution in [0.3, 0.4) is 0 Å². The molecule has 0 aliphatic carbocycles. The lowest BCUT2D eigenvalue weighted by molar-refractivity contribution is -0.134. The summed E-state index contributed by atoms with van der Waals surface area (Å²) in [7, 11) is 0. The lowest BCUT2D eigenvalue weighted by atomic mass is 9.76. The highest BCUT2D eigenvalue weighted by molar-refractivity contribution is 5.89. The van der Waals surface area contributed by atoms with Gasteiger partial charge in [0.1, 0.15) is 5.75 Å². The van der Waals surface area contributed by atoms with Gasteiger partial charge < -0.3 is 19.8 Å². The molecule has 0 atom stereocenters. The molecule has 1 aliphatic heterocycles. The van der Waals surface area contributed by atoms with Gasteiger partial charge in [-0.25, -0.2) is 9.59 Å². The van der Waals surface area contributed by atoms with E-state index in [1.54, 1.807) is 0 Å². The summed E-state index contributed by atoms with van der Waals surface area (Å²) in [4.78, 5) is 21.8. The Morgan fingerprint density at radius 2 is 1.24 bits per heavy atom. The molecule has 2 N–H and O–H groups in total. The summed E-state index contributed by atoms with van der Waals surface area (Å²) in [6.45, 7) is 4.41. The van der Waals surface area contributed by atoms with Crippen molar-refractivity contribution in [3.8, 4) is 5.75 Å². The van der Waals surface area contributed by atoms with E-state index in [0.717, 1.165) is 18.8 Å². The maximum absolute atomic E-state index is 9.55. The van der Waals surface area contributed by atoms with E-state index in [1.807, 2.05) is 30.3 Å². The quantitative estimate of drug-likeness (QED) is 0.237.